The summed E-state index contributed by atoms with van der Waals surface area (Å²) in [5.41, 5.74) is 15.8. The lowest BCUT2D eigenvalue weighted by molar-refractivity contribution is 0.473. The molecule has 0 radical (unpaired) electrons. The van der Waals surface area contributed by atoms with Crippen molar-refractivity contribution in [2.45, 2.75) is 32.7 Å². The molecule has 0 spiro atoms. The van der Waals surface area contributed by atoms with Gasteiger partial charge < -0.3 is 16.8 Å². The molecule has 154 valence electrons. The predicted molar refractivity (Wildman–Crippen MR) is 118 cm³/mol. The minimum absolute atomic E-state index is 0.403. The average Bonchev–Trinajstić information content (AvgIpc) is 3.15. The van der Waals surface area contributed by atoms with E-state index in [1.54, 1.807) is 17.1 Å². The molecule has 0 bridgehead atoms. The zero-order chi connectivity index (χ0) is 21.5. The lowest BCUT2D eigenvalue weighted by Gasteiger charge is -2.25. The van der Waals surface area contributed by atoms with Crippen LogP contribution in [-0.4, -0.2) is 29.9 Å². The van der Waals surface area contributed by atoms with Crippen LogP contribution in [0.1, 0.15) is 31.4 Å². The lowest BCUT2D eigenvalue weighted by Crippen LogP contribution is -2.33. The monoisotopic (exact) mass is 403 g/mol. The summed E-state index contributed by atoms with van der Waals surface area (Å²) in [5.74, 6) is 1.74. The van der Waals surface area contributed by atoms with Crippen LogP contribution in [0, 0.1) is 6.92 Å². The fourth-order valence-corrected chi connectivity index (χ4v) is 3.42. The van der Waals surface area contributed by atoms with Crippen molar-refractivity contribution in [3.8, 4) is 11.4 Å². The van der Waals surface area contributed by atoms with E-state index in [0.29, 0.717) is 23.1 Å². The van der Waals surface area contributed by atoms with Crippen molar-refractivity contribution in [2.24, 2.45) is 12.8 Å². The van der Waals surface area contributed by atoms with Gasteiger partial charge in [-0.25, -0.2) is 19.6 Å². The summed E-state index contributed by atoms with van der Waals surface area (Å²) in [6, 6.07) is 5.85. The second-order valence-electron chi connectivity index (χ2n) is 7.71. The largest absolute Gasteiger partial charge is 0.383 e. The normalized spacial score (nSPS) is 13.4. The number of nitrogens with two attached hydrogens (primary N) is 2. The summed E-state index contributed by atoms with van der Waals surface area (Å²) in [6.45, 7) is 6.12. The highest BCUT2D eigenvalue weighted by Crippen LogP contribution is 2.29. The summed E-state index contributed by atoms with van der Waals surface area (Å²) in [5, 5.41) is 12.8. The molecule has 0 aliphatic rings. The molecule has 0 aliphatic carbocycles. The second kappa shape index (κ2) is 7.34. The van der Waals surface area contributed by atoms with Crippen LogP contribution in [0.5, 0.6) is 0 Å². The quantitative estimate of drug-likeness (QED) is 0.463. The van der Waals surface area contributed by atoms with Gasteiger partial charge in [0, 0.05) is 30.4 Å². The Kier molecular flexibility index (Phi) is 4.83. The zero-order valence-corrected chi connectivity index (χ0v) is 17.5. The summed E-state index contributed by atoms with van der Waals surface area (Å²) in [6.07, 6.45) is 6.01. The number of rotatable bonds is 5. The van der Waals surface area contributed by atoms with Crippen LogP contribution >= 0.6 is 0 Å². The Bertz CT molecular complexity index is 1230. The zero-order valence-electron chi connectivity index (χ0n) is 17.5. The van der Waals surface area contributed by atoms with E-state index in [4.69, 9.17) is 11.5 Å². The van der Waals surface area contributed by atoms with Crippen LogP contribution in [-0.2, 0) is 12.6 Å². The fraction of sp³-hybridized carbons (Fsp3) is 0.286. The summed E-state index contributed by atoms with van der Waals surface area (Å²) >= 11 is 0. The highest BCUT2D eigenvalue weighted by atomic mass is 15.4. The maximum absolute atomic E-state index is 6.46. The van der Waals surface area contributed by atoms with Crippen LogP contribution in [0.3, 0.4) is 0 Å². The van der Waals surface area contributed by atoms with Gasteiger partial charge in [-0.3, -0.25) is 0 Å². The maximum atomic E-state index is 6.46. The van der Waals surface area contributed by atoms with Crippen molar-refractivity contribution in [2.75, 3.05) is 11.1 Å². The number of aryl methyl sites for hydroxylation is 2. The first-order valence-corrected chi connectivity index (χ1v) is 9.73. The Labute approximate surface area is 174 Å². The third-order valence-electron chi connectivity index (χ3n) is 5.43. The average molecular weight is 403 g/mol. The fourth-order valence-electron chi connectivity index (χ4n) is 3.42. The Balaban J connectivity index is 1.72. The van der Waals surface area contributed by atoms with Gasteiger partial charge >= 0.3 is 0 Å². The third-order valence-corrected chi connectivity index (χ3v) is 5.43. The molecule has 5 N–H and O–H groups in total. The van der Waals surface area contributed by atoms with Gasteiger partial charge in [-0.1, -0.05) is 12.1 Å². The number of pyridine rings is 3. The molecule has 4 heterocycles. The molecular weight excluding hydrogens is 378 g/mol. The van der Waals surface area contributed by atoms with E-state index in [-0.39, 0.29) is 0 Å². The maximum Gasteiger partial charge on any atom is 0.133 e. The predicted octanol–water partition coefficient (Wildman–Crippen LogP) is 3.04. The third kappa shape index (κ3) is 3.55. The molecule has 0 aromatic carbocycles. The summed E-state index contributed by atoms with van der Waals surface area (Å²) in [4.78, 5) is 13.4. The van der Waals surface area contributed by atoms with E-state index in [1.165, 1.54) is 0 Å². The topological polar surface area (TPSA) is 133 Å². The first-order valence-electron chi connectivity index (χ1n) is 9.73. The number of nitrogens with zero attached hydrogens (tertiary/aromatic N) is 6. The van der Waals surface area contributed by atoms with Crippen molar-refractivity contribution in [3.63, 3.8) is 0 Å². The number of fused-ring (bicyclic) bond motifs is 1. The van der Waals surface area contributed by atoms with Crippen molar-refractivity contribution in [1.29, 1.82) is 0 Å². The number of hydrogen-bond donors (Lipinski definition) is 3. The number of aromatic nitrogens is 6. The van der Waals surface area contributed by atoms with Crippen molar-refractivity contribution in [1.82, 2.24) is 29.9 Å². The molecule has 9 nitrogen and oxygen atoms in total. The van der Waals surface area contributed by atoms with Crippen LogP contribution in [0.4, 0.5) is 17.5 Å². The molecule has 30 heavy (non-hydrogen) atoms. The molecule has 0 saturated heterocycles. The molecule has 0 unspecified atom stereocenters. The molecule has 4 aromatic rings. The summed E-state index contributed by atoms with van der Waals surface area (Å²) < 4.78 is 1.66. The van der Waals surface area contributed by atoms with Gasteiger partial charge in [0.25, 0.3) is 0 Å². The standard InChI is InChI=1S/C21H25N9/c1-5-21(3,23)15-8-19(24-9-12(15)2)28-18-7-13-6-16(17-11-26-29-30(17)4)27-20(22)14(13)10-25-18/h6-11H,5,23H2,1-4H3,(H2,22,27)(H,24,25,28)/t21-/m1/s1. The van der Waals surface area contributed by atoms with E-state index < -0.39 is 5.54 Å². The Morgan fingerprint density at radius 2 is 1.83 bits per heavy atom. The van der Waals surface area contributed by atoms with Crippen LogP contribution in [0.2, 0.25) is 0 Å². The lowest BCUT2D eigenvalue weighted by atomic mass is 9.88. The summed E-state index contributed by atoms with van der Waals surface area (Å²) in [7, 11) is 1.81. The first kappa shape index (κ1) is 19.7. The van der Waals surface area contributed by atoms with E-state index >= 15 is 0 Å². The number of anilines is 3. The first-order chi connectivity index (χ1) is 14.3. The van der Waals surface area contributed by atoms with E-state index in [2.05, 4.69) is 37.5 Å². The Morgan fingerprint density at radius 1 is 1.10 bits per heavy atom. The minimum atomic E-state index is -0.424. The molecule has 0 saturated carbocycles. The van der Waals surface area contributed by atoms with Crippen molar-refractivity contribution >= 4 is 28.2 Å². The van der Waals surface area contributed by atoms with Gasteiger partial charge in [-0.2, -0.15) is 0 Å². The van der Waals surface area contributed by atoms with Gasteiger partial charge in [0.1, 0.15) is 23.1 Å². The number of nitrogen functional groups attached to an aromatic ring is 1. The van der Waals surface area contributed by atoms with E-state index in [0.717, 1.165) is 34.0 Å². The number of hydrogen-bond acceptors (Lipinski definition) is 8. The van der Waals surface area contributed by atoms with Gasteiger partial charge in [0.05, 0.1) is 11.9 Å². The van der Waals surface area contributed by atoms with Crippen molar-refractivity contribution in [3.05, 3.63) is 47.9 Å². The van der Waals surface area contributed by atoms with E-state index in [1.807, 2.05) is 45.3 Å². The molecule has 4 rings (SSSR count). The molecule has 4 aromatic heterocycles. The molecular formula is C21H25N9. The molecule has 9 heteroatoms. The smallest absolute Gasteiger partial charge is 0.133 e. The van der Waals surface area contributed by atoms with Crippen LogP contribution in [0.15, 0.2) is 36.8 Å². The van der Waals surface area contributed by atoms with Gasteiger partial charge in [0.15, 0.2) is 0 Å². The second-order valence-corrected chi connectivity index (χ2v) is 7.71. The van der Waals surface area contributed by atoms with Crippen molar-refractivity contribution < 1.29 is 0 Å². The highest BCUT2D eigenvalue weighted by Gasteiger charge is 2.21. The number of nitrogens with one attached hydrogen (secondary N) is 1. The Morgan fingerprint density at radius 3 is 2.53 bits per heavy atom. The molecule has 1 atom stereocenters. The van der Waals surface area contributed by atoms with Crippen LogP contribution in [0.25, 0.3) is 22.2 Å². The molecule has 0 fully saturated rings. The minimum Gasteiger partial charge on any atom is -0.383 e. The highest BCUT2D eigenvalue weighted by molar-refractivity contribution is 5.94. The molecule has 0 amide bonds. The van der Waals surface area contributed by atoms with Gasteiger partial charge in [-0.15, -0.1) is 5.10 Å². The SMILES string of the molecule is CC[C@@](C)(N)c1cc(Nc2cc3cc(-c4cnnn4C)nc(N)c3cn2)ncc1C. The molecule has 0 aliphatic heterocycles. The Hall–Kier alpha value is -3.59. The van der Waals surface area contributed by atoms with Gasteiger partial charge in [-0.05, 0) is 55.0 Å². The van der Waals surface area contributed by atoms with E-state index in [9.17, 15) is 0 Å². The van der Waals surface area contributed by atoms with Crippen LogP contribution < -0.4 is 16.8 Å². The van der Waals surface area contributed by atoms with Gasteiger partial charge in [0.2, 0.25) is 0 Å².